The van der Waals surface area contributed by atoms with Crippen LogP contribution in [0, 0.1) is 5.41 Å². The van der Waals surface area contributed by atoms with Crippen LogP contribution in [0.2, 0.25) is 10.0 Å². The highest BCUT2D eigenvalue weighted by Gasteiger charge is 2.55. The Kier molecular flexibility index (Phi) is 10.00. The number of sulfonamides is 1. The van der Waals surface area contributed by atoms with Crippen LogP contribution in [-0.2, 0) is 19.6 Å². The van der Waals surface area contributed by atoms with E-state index in [-0.39, 0.29) is 24.8 Å². The molecule has 4 atom stereocenters. The molecule has 2 fully saturated rings. The quantitative estimate of drug-likeness (QED) is 0.291. The van der Waals surface area contributed by atoms with Crippen LogP contribution in [0.3, 0.4) is 0 Å². The van der Waals surface area contributed by atoms with Crippen molar-refractivity contribution >= 4 is 45.1 Å². The Morgan fingerprint density at radius 2 is 1.79 bits per heavy atom. The summed E-state index contributed by atoms with van der Waals surface area (Å²) in [7, 11) is 0.191. The predicted molar refractivity (Wildman–Crippen MR) is 166 cm³/mol. The highest BCUT2D eigenvalue weighted by molar-refractivity contribution is 7.91. The van der Waals surface area contributed by atoms with Crippen molar-refractivity contribution in [3.63, 3.8) is 0 Å². The fourth-order valence-electron chi connectivity index (χ4n) is 6.13. The number of piperidine rings is 1. The molecule has 1 saturated heterocycles. The molecule has 42 heavy (non-hydrogen) atoms. The van der Waals surface area contributed by atoms with Gasteiger partial charge < -0.3 is 14.9 Å². The molecule has 1 aliphatic heterocycles. The first kappa shape index (κ1) is 32.7. The lowest BCUT2D eigenvalue weighted by Crippen LogP contribution is -2.59. The summed E-state index contributed by atoms with van der Waals surface area (Å²) in [5.74, 6) is -1.63. The molecule has 0 unspecified atom stereocenters. The molecule has 2 aromatic carbocycles. The lowest BCUT2D eigenvalue weighted by atomic mass is 9.64. The second-order valence-corrected chi connectivity index (χ2v) is 15.5. The van der Waals surface area contributed by atoms with E-state index in [2.05, 4.69) is 4.72 Å². The minimum absolute atomic E-state index is 0.0311. The molecule has 0 radical (unpaired) electrons. The van der Waals surface area contributed by atoms with E-state index >= 15 is 0 Å². The number of carbonyl (C=O) groups excluding carboxylic acids is 1. The van der Waals surface area contributed by atoms with E-state index in [1.807, 2.05) is 56.3 Å². The van der Waals surface area contributed by atoms with Gasteiger partial charge in [-0.15, -0.1) is 0 Å². The number of amides is 1. The molecule has 1 aliphatic carbocycles. The van der Waals surface area contributed by atoms with Gasteiger partial charge in [0.2, 0.25) is 15.9 Å². The van der Waals surface area contributed by atoms with E-state index < -0.39 is 38.2 Å². The van der Waals surface area contributed by atoms with Crippen LogP contribution in [0.25, 0.3) is 0 Å². The highest BCUT2D eigenvalue weighted by atomic mass is 35.5. The molecule has 2 aliphatic rings. The molecule has 1 saturated carbocycles. The fraction of sp³-hybridized carbons (Fsp3) is 0.548. The maximum absolute atomic E-state index is 14.8. The zero-order chi connectivity index (χ0) is 30.9. The molecule has 2 aromatic rings. The van der Waals surface area contributed by atoms with E-state index in [1.165, 1.54) is 0 Å². The second kappa shape index (κ2) is 12.8. The van der Waals surface area contributed by atoms with Gasteiger partial charge in [0, 0.05) is 28.5 Å². The summed E-state index contributed by atoms with van der Waals surface area (Å²) in [6.07, 6.45) is 1.97. The van der Waals surface area contributed by atoms with Crippen molar-refractivity contribution in [2.75, 3.05) is 27.2 Å². The molecular weight excluding hydrogens is 597 g/mol. The minimum Gasteiger partial charge on any atom is -0.481 e. The lowest BCUT2D eigenvalue weighted by Gasteiger charge is -2.53. The van der Waals surface area contributed by atoms with Crippen molar-refractivity contribution in [2.24, 2.45) is 5.41 Å². The van der Waals surface area contributed by atoms with E-state index in [0.29, 0.717) is 48.7 Å². The number of aliphatic carboxylic acids is 1. The number of nitrogens with zero attached hydrogens (tertiary/aromatic N) is 2. The molecule has 2 N–H and O–H groups in total. The number of halogens is 2. The first-order valence-corrected chi connectivity index (χ1v) is 16.7. The number of carbonyl (C=O) groups is 2. The van der Waals surface area contributed by atoms with Gasteiger partial charge in [-0.05, 0) is 95.1 Å². The zero-order valence-corrected chi connectivity index (χ0v) is 27.0. The summed E-state index contributed by atoms with van der Waals surface area (Å²) in [6, 6.07) is 13.8. The summed E-state index contributed by atoms with van der Waals surface area (Å²) < 4.78 is 28.3. The van der Waals surface area contributed by atoms with Crippen LogP contribution in [0.4, 0.5) is 0 Å². The van der Waals surface area contributed by atoms with Crippen LogP contribution in [0.15, 0.2) is 48.5 Å². The summed E-state index contributed by atoms with van der Waals surface area (Å²) in [5.41, 5.74) is 0.519. The van der Waals surface area contributed by atoms with Crippen molar-refractivity contribution in [1.82, 2.24) is 14.5 Å². The van der Waals surface area contributed by atoms with Gasteiger partial charge in [0.1, 0.15) is 0 Å². The molecule has 0 bridgehead atoms. The van der Waals surface area contributed by atoms with Gasteiger partial charge in [-0.1, -0.05) is 54.4 Å². The van der Waals surface area contributed by atoms with Crippen molar-refractivity contribution in [1.29, 1.82) is 0 Å². The summed E-state index contributed by atoms with van der Waals surface area (Å²) in [4.78, 5) is 30.9. The number of nitrogens with one attached hydrogen (secondary N) is 1. The average molecular weight is 639 g/mol. The molecule has 0 aromatic heterocycles. The number of rotatable bonds is 13. The minimum atomic E-state index is -3.60. The molecule has 8 nitrogen and oxygen atoms in total. The smallest absolute Gasteiger partial charge is 0.304 e. The molecule has 1 amide bonds. The maximum atomic E-state index is 14.8. The molecule has 4 rings (SSSR count). The molecular formula is C31H41Cl2N3O5S. The van der Waals surface area contributed by atoms with Gasteiger partial charge in [-0.2, -0.15) is 0 Å². The van der Waals surface area contributed by atoms with Crippen LogP contribution in [0.1, 0.15) is 75.5 Å². The summed E-state index contributed by atoms with van der Waals surface area (Å²) in [5, 5.41) is 11.2. The highest BCUT2D eigenvalue weighted by Crippen LogP contribution is 2.54. The fourth-order valence-corrected chi connectivity index (χ4v) is 7.86. The van der Waals surface area contributed by atoms with E-state index in [0.717, 1.165) is 11.1 Å². The van der Waals surface area contributed by atoms with Gasteiger partial charge >= 0.3 is 5.97 Å². The Morgan fingerprint density at radius 1 is 1.12 bits per heavy atom. The first-order chi connectivity index (χ1) is 19.7. The second-order valence-electron chi connectivity index (χ2n) is 12.3. The van der Waals surface area contributed by atoms with E-state index in [9.17, 15) is 23.1 Å². The number of likely N-dealkylation sites (tertiary alicyclic amines) is 1. The molecule has 1 heterocycles. The van der Waals surface area contributed by atoms with Gasteiger partial charge in [0.05, 0.1) is 22.6 Å². The normalized spacial score (nSPS) is 24.5. The van der Waals surface area contributed by atoms with Gasteiger partial charge in [0.15, 0.2) is 0 Å². The number of carboxylic acids is 1. The monoisotopic (exact) mass is 637 g/mol. The Bertz CT molecular complexity index is 1400. The topological polar surface area (TPSA) is 107 Å². The van der Waals surface area contributed by atoms with Gasteiger partial charge in [0.25, 0.3) is 0 Å². The maximum Gasteiger partial charge on any atom is 0.304 e. The van der Waals surface area contributed by atoms with E-state index in [4.69, 9.17) is 23.2 Å². The Balaban J connectivity index is 1.89. The predicted octanol–water partition coefficient (Wildman–Crippen LogP) is 5.71. The first-order valence-electron chi connectivity index (χ1n) is 14.4. The Morgan fingerprint density at radius 3 is 2.33 bits per heavy atom. The van der Waals surface area contributed by atoms with Crippen molar-refractivity contribution in [3.05, 3.63) is 69.7 Å². The third-order valence-electron chi connectivity index (χ3n) is 8.97. The van der Waals surface area contributed by atoms with Crippen LogP contribution in [0.5, 0.6) is 0 Å². The summed E-state index contributed by atoms with van der Waals surface area (Å²) in [6.45, 7) is 4.20. The third-order valence-corrected chi connectivity index (χ3v) is 11.7. The zero-order valence-electron chi connectivity index (χ0n) is 24.6. The van der Waals surface area contributed by atoms with Gasteiger partial charge in [-0.3, -0.25) is 9.59 Å². The van der Waals surface area contributed by atoms with Crippen molar-refractivity contribution < 1.29 is 23.1 Å². The Labute approximate surface area is 259 Å². The van der Waals surface area contributed by atoms with Crippen molar-refractivity contribution in [3.8, 4) is 0 Å². The standard InChI is InChI=1S/C31H41Cl2N3O5S/c1-5-25(20-34-42(40,41)30(2)13-14-30)36-28(21-9-11-23(32)12-10-21)26(22-7-6-8-24(33)17-22)18-31(29(36)39,19-27(37)38)15-16-35(3)4/h6-12,17,25-26,28,34H,5,13-16,18-20H2,1-4H3,(H,37,38)/t25-,26+,28+,31+/m0/s1. The Hall–Kier alpha value is -2.17. The molecule has 0 spiro atoms. The number of hydrogen-bond donors (Lipinski definition) is 2. The number of hydrogen-bond acceptors (Lipinski definition) is 5. The number of carboxylic acid groups (broad SMARTS) is 1. The van der Waals surface area contributed by atoms with Crippen LogP contribution >= 0.6 is 23.2 Å². The van der Waals surface area contributed by atoms with Crippen LogP contribution < -0.4 is 4.72 Å². The molecule has 230 valence electrons. The van der Waals surface area contributed by atoms with Gasteiger partial charge in [-0.25, -0.2) is 13.1 Å². The lowest BCUT2D eigenvalue weighted by molar-refractivity contribution is -0.162. The third kappa shape index (κ3) is 6.97. The summed E-state index contributed by atoms with van der Waals surface area (Å²) >= 11 is 12.7. The SMILES string of the molecule is CC[C@@H](CNS(=O)(=O)C1(C)CC1)N1C(=O)[C@@](CCN(C)C)(CC(=O)O)C[C@H](c2cccc(Cl)c2)[C@H]1c1ccc(Cl)cc1. The average Bonchev–Trinajstić information content (AvgIpc) is 3.69. The largest absolute Gasteiger partial charge is 0.481 e. The van der Waals surface area contributed by atoms with Crippen LogP contribution in [-0.4, -0.2) is 73.2 Å². The molecule has 11 heteroatoms. The van der Waals surface area contributed by atoms with E-state index in [1.54, 1.807) is 30.0 Å². The number of benzene rings is 2. The van der Waals surface area contributed by atoms with Crippen molar-refractivity contribution in [2.45, 2.75) is 75.1 Å².